The fourth-order valence-corrected chi connectivity index (χ4v) is 19.4. The molecule has 16 aromatic rings. The fourth-order valence-electron chi connectivity index (χ4n) is 19.4. The van der Waals surface area contributed by atoms with Gasteiger partial charge in [0.2, 0.25) is 0 Å². The summed E-state index contributed by atoms with van der Waals surface area (Å²) in [5.41, 5.74) is 33.9. The quantitative estimate of drug-likeness (QED) is 0.135. The summed E-state index contributed by atoms with van der Waals surface area (Å²) in [5.74, 6) is 0.676. The van der Waals surface area contributed by atoms with E-state index < -0.39 is 10.8 Å². The minimum atomic E-state index is -0.541. The standard InChI is InChI=1S/C104H84N2/c1-64(2)67-31-43-77(44-32-67)105(81-47-35-70-60-91-89-54-37-69-20-10-11-21-83(69)99(89)103(97(91)62-73(70)58-81)93-26-16-12-22-85(93)86-23-13-17-27-94(86)103)78-45-33-68(34-46-78)65(3)56-66-30-53-84-72(57-66)38-55-90-92-61-71-36-48-82(106(79-49-39-75(40-50-79)101(4,5)6)80-51-41-76(42-52-80)102(7,8)9)59-74(71)63-98(92)104(100(84)90)95-28-18-14-24-87(95)88-25-15-19-29-96(88)104/h10-55,57-65H,56H2,1-9H3. The summed E-state index contributed by atoms with van der Waals surface area (Å²) in [6, 6.07) is 124. The highest BCUT2D eigenvalue weighted by molar-refractivity contribution is 6.09. The van der Waals surface area contributed by atoms with E-state index in [-0.39, 0.29) is 16.7 Å². The molecule has 510 valence electrons. The Labute approximate surface area is 623 Å². The Balaban J connectivity index is 0.659. The van der Waals surface area contributed by atoms with Crippen molar-refractivity contribution in [3.8, 4) is 44.5 Å². The lowest BCUT2D eigenvalue weighted by Gasteiger charge is -2.32. The SMILES string of the molecule is CC(C)c1ccc(N(c2ccc(C(C)Cc3ccc4c5c(ccc4c3)-c3cc4ccc(N(c6ccc(C(C)(C)C)cc6)c6ccc(C(C)(C)C)cc6)cc4cc3C53c4ccccc4-c4ccccc43)cc2)c2ccc3cc4c(cc3c2)C2(c3ccccc3-c3ccccc32)c2c-4ccc3ccccc23)cc1. The molecule has 0 saturated heterocycles. The van der Waals surface area contributed by atoms with Gasteiger partial charge < -0.3 is 9.80 Å². The maximum Gasteiger partial charge on any atom is 0.0731 e. The molecule has 16 aromatic carbocycles. The molecule has 4 aliphatic carbocycles. The molecule has 2 nitrogen and oxygen atoms in total. The molecule has 4 aliphatic rings. The van der Waals surface area contributed by atoms with Gasteiger partial charge in [0.25, 0.3) is 0 Å². The van der Waals surface area contributed by atoms with Crippen molar-refractivity contribution >= 4 is 77.2 Å². The van der Waals surface area contributed by atoms with Gasteiger partial charge in [-0.1, -0.05) is 287 Å². The topological polar surface area (TPSA) is 6.48 Å². The smallest absolute Gasteiger partial charge is 0.0731 e. The van der Waals surface area contributed by atoms with E-state index in [0.717, 1.165) is 40.5 Å². The highest BCUT2D eigenvalue weighted by Crippen LogP contribution is 2.67. The third kappa shape index (κ3) is 9.48. The molecule has 0 bridgehead atoms. The van der Waals surface area contributed by atoms with Crippen molar-refractivity contribution in [1.29, 1.82) is 0 Å². The van der Waals surface area contributed by atoms with Crippen LogP contribution in [0.2, 0.25) is 0 Å². The van der Waals surface area contributed by atoms with E-state index in [1.165, 1.54) is 160 Å². The molecule has 0 amide bonds. The van der Waals surface area contributed by atoms with Crippen molar-refractivity contribution in [3.05, 3.63) is 394 Å². The monoisotopic (exact) mass is 1360 g/mol. The summed E-state index contributed by atoms with van der Waals surface area (Å²) in [5, 5.41) is 10.1. The molecule has 0 radical (unpaired) electrons. The fraction of sp³-hybridized carbons (Fsp3) is 0.154. The summed E-state index contributed by atoms with van der Waals surface area (Å²) in [6.07, 6.45) is 0.904. The maximum atomic E-state index is 2.56. The van der Waals surface area contributed by atoms with E-state index in [0.29, 0.717) is 5.92 Å². The predicted molar refractivity (Wildman–Crippen MR) is 448 cm³/mol. The van der Waals surface area contributed by atoms with E-state index in [1.54, 1.807) is 0 Å². The zero-order chi connectivity index (χ0) is 71.7. The van der Waals surface area contributed by atoms with Crippen molar-refractivity contribution < 1.29 is 0 Å². The molecule has 0 fully saturated rings. The van der Waals surface area contributed by atoms with Gasteiger partial charge in [-0.3, -0.25) is 0 Å². The van der Waals surface area contributed by atoms with E-state index >= 15 is 0 Å². The lowest BCUT2D eigenvalue weighted by atomic mass is 9.69. The zero-order valence-electron chi connectivity index (χ0n) is 61.9. The van der Waals surface area contributed by atoms with Crippen molar-refractivity contribution in [2.45, 2.75) is 102 Å². The molecule has 0 saturated carbocycles. The molecule has 2 spiro atoms. The Bertz CT molecular complexity index is 6140. The van der Waals surface area contributed by atoms with Crippen LogP contribution in [0.3, 0.4) is 0 Å². The first-order valence-corrected chi connectivity index (χ1v) is 38.2. The highest BCUT2D eigenvalue weighted by Gasteiger charge is 2.54. The lowest BCUT2D eigenvalue weighted by molar-refractivity contribution is 0.590. The molecule has 0 aliphatic heterocycles. The molecule has 1 unspecified atom stereocenters. The lowest BCUT2D eigenvalue weighted by Crippen LogP contribution is -2.26. The summed E-state index contributed by atoms with van der Waals surface area (Å²) in [7, 11) is 0. The van der Waals surface area contributed by atoms with Gasteiger partial charge in [-0.15, -0.1) is 0 Å². The van der Waals surface area contributed by atoms with Crippen LogP contribution in [0.15, 0.2) is 322 Å². The Morgan fingerprint density at radius 1 is 0.264 bits per heavy atom. The first kappa shape index (κ1) is 63.8. The first-order valence-electron chi connectivity index (χ1n) is 38.2. The minimum Gasteiger partial charge on any atom is -0.310 e. The van der Waals surface area contributed by atoms with Crippen LogP contribution in [0.25, 0.3) is 87.6 Å². The van der Waals surface area contributed by atoms with Gasteiger partial charge in [0, 0.05) is 34.1 Å². The summed E-state index contributed by atoms with van der Waals surface area (Å²) >= 11 is 0. The van der Waals surface area contributed by atoms with Crippen LogP contribution in [0.5, 0.6) is 0 Å². The summed E-state index contributed by atoms with van der Waals surface area (Å²) < 4.78 is 0. The molecule has 0 aromatic heterocycles. The Morgan fingerprint density at radius 3 is 1.07 bits per heavy atom. The van der Waals surface area contributed by atoms with Gasteiger partial charge >= 0.3 is 0 Å². The highest BCUT2D eigenvalue weighted by atomic mass is 15.1. The third-order valence-corrected chi connectivity index (χ3v) is 24.6. The van der Waals surface area contributed by atoms with Gasteiger partial charge in [0.15, 0.2) is 0 Å². The van der Waals surface area contributed by atoms with Crippen LogP contribution in [0.4, 0.5) is 34.1 Å². The van der Waals surface area contributed by atoms with Crippen LogP contribution < -0.4 is 9.80 Å². The van der Waals surface area contributed by atoms with E-state index in [2.05, 4.69) is 394 Å². The first-order chi connectivity index (χ1) is 51.5. The molecule has 0 heterocycles. The number of nitrogens with zero attached hydrogens (tertiary/aromatic N) is 2. The molecular weight excluding hydrogens is 1280 g/mol. The van der Waals surface area contributed by atoms with Gasteiger partial charge in [-0.2, -0.15) is 0 Å². The van der Waals surface area contributed by atoms with Gasteiger partial charge in [-0.05, 0) is 286 Å². The van der Waals surface area contributed by atoms with Crippen molar-refractivity contribution in [1.82, 2.24) is 0 Å². The van der Waals surface area contributed by atoms with Gasteiger partial charge in [0.1, 0.15) is 0 Å². The number of rotatable bonds is 10. The number of fused-ring (bicyclic) bond motifs is 26. The van der Waals surface area contributed by atoms with Crippen molar-refractivity contribution in [2.75, 3.05) is 9.80 Å². The van der Waals surface area contributed by atoms with Crippen LogP contribution in [-0.2, 0) is 28.1 Å². The number of benzene rings is 16. The predicted octanol–water partition coefficient (Wildman–Crippen LogP) is 28.0. The van der Waals surface area contributed by atoms with Crippen LogP contribution in [0, 0.1) is 0 Å². The second-order valence-corrected chi connectivity index (χ2v) is 33.0. The van der Waals surface area contributed by atoms with Crippen LogP contribution in [0.1, 0.15) is 146 Å². The second-order valence-electron chi connectivity index (χ2n) is 33.0. The Hall–Kier alpha value is -11.8. The third-order valence-electron chi connectivity index (χ3n) is 24.6. The molecule has 2 heteroatoms. The Morgan fingerprint density at radius 2 is 0.632 bits per heavy atom. The number of anilines is 6. The van der Waals surface area contributed by atoms with Crippen LogP contribution in [-0.4, -0.2) is 0 Å². The number of hydrogen-bond donors (Lipinski definition) is 0. The Kier molecular flexibility index (Phi) is 14.2. The minimum absolute atomic E-state index is 0.0414. The van der Waals surface area contributed by atoms with E-state index in [9.17, 15) is 0 Å². The molecule has 0 N–H and O–H groups in total. The van der Waals surface area contributed by atoms with Crippen molar-refractivity contribution in [2.24, 2.45) is 0 Å². The van der Waals surface area contributed by atoms with E-state index in [4.69, 9.17) is 0 Å². The zero-order valence-corrected chi connectivity index (χ0v) is 61.9. The second kappa shape index (κ2) is 23.6. The van der Waals surface area contributed by atoms with Crippen molar-refractivity contribution in [3.63, 3.8) is 0 Å². The average Bonchev–Trinajstić information content (AvgIpc) is 1.51. The normalized spacial score (nSPS) is 14.1. The van der Waals surface area contributed by atoms with Gasteiger partial charge in [-0.25, -0.2) is 0 Å². The largest absolute Gasteiger partial charge is 0.310 e. The molecule has 20 rings (SSSR count). The number of hydrogen-bond acceptors (Lipinski definition) is 2. The summed E-state index contributed by atoms with van der Waals surface area (Å²) in [4.78, 5) is 4.91. The maximum absolute atomic E-state index is 2.56. The average molecular weight is 1360 g/mol. The summed E-state index contributed by atoms with van der Waals surface area (Å²) in [6.45, 7) is 20.7. The molecule has 106 heavy (non-hydrogen) atoms. The molecular formula is C104H84N2. The van der Waals surface area contributed by atoms with Gasteiger partial charge in [0.05, 0.1) is 10.8 Å². The van der Waals surface area contributed by atoms with Crippen LogP contribution >= 0.6 is 0 Å². The molecule has 1 atom stereocenters. The van der Waals surface area contributed by atoms with E-state index in [1.807, 2.05) is 0 Å².